The van der Waals surface area contributed by atoms with Gasteiger partial charge in [0.25, 0.3) is 0 Å². The maximum absolute atomic E-state index is 10.7. The van der Waals surface area contributed by atoms with Crippen LogP contribution in [-0.2, 0) is 28.4 Å². The van der Waals surface area contributed by atoms with Crippen molar-refractivity contribution in [3.8, 4) is 0 Å². The quantitative estimate of drug-likeness (QED) is 0.143. The molecule has 3 heterocycles. The lowest BCUT2D eigenvalue weighted by atomic mass is 9.97. The number of aliphatic hydroxyl groups excluding tert-OH is 10. The highest BCUT2D eigenvalue weighted by molar-refractivity contribution is 4.95. The second-order valence-corrected chi connectivity index (χ2v) is 8.58. The summed E-state index contributed by atoms with van der Waals surface area (Å²) >= 11 is 0. The first kappa shape index (κ1) is 28.9. The van der Waals surface area contributed by atoms with E-state index >= 15 is 0 Å². The SMILES string of the molecule is CO[C@@H]1[C@H](O)[C@@H](OC[C@H]2O[C@@H](O)[C@@H](O)[C@@H](O[C@H]3O[C@H](CO)[C@@H](O)[C@H](O)[C@@H]3O)[C@@H]2O)O[C@H](CO)[C@H]1O. The molecule has 3 saturated heterocycles. The lowest BCUT2D eigenvalue weighted by molar-refractivity contribution is -0.362. The average molecular weight is 518 g/mol. The van der Waals surface area contributed by atoms with Gasteiger partial charge in [-0.2, -0.15) is 0 Å². The predicted octanol–water partition coefficient (Wildman–Crippen LogP) is -6.92. The van der Waals surface area contributed by atoms with Gasteiger partial charge in [-0.1, -0.05) is 0 Å². The Morgan fingerprint density at radius 3 is 1.74 bits per heavy atom. The summed E-state index contributed by atoms with van der Waals surface area (Å²) in [5.74, 6) is 0. The molecule has 0 aromatic carbocycles. The molecular formula is C19H34O16. The van der Waals surface area contributed by atoms with Crippen LogP contribution in [0, 0.1) is 0 Å². The third kappa shape index (κ3) is 5.93. The Balaban J connectivity index is 1.66. The van der Waals surface area contributed by atoms with Crippen molar-refractivity contribution in [1.82, 2.24) is 0 Å². The molecule has 206 valence electrons. The lowest BCUT2D eigenvalue weighted by Crippen LogP contribution is -2.65. The van der Waals surface area contributed by atoms with Crippen LogP contribution in [0.25, 0.3) is 0 Å². The maximum atomic E-state index is 10.7. The monoisotopic (exact) mass is 518 g/mol. The Morgan fingerprint density at radius 1 is 0.571 bits per heavy atom. The van der Waals surface area contributed by atoms with Crippen LogP contribution >= 0.6 is 0 Å². The molecule has 0 unspecified atom stereocenters. The molecule has 16 nitrogen and oxygen atoms in total. The van der Waals surface area contributed by atoms with Crippen LogP contribution in [0.15, 0.2) is 0 Å². The first-order valence-electron chi connectivity index (χ1n) is 11.0. The van der Waals surface area contributed by atoms with Crippen LogP contribution in [-0.4, -0.2) is 170 Å². The van der Waals surface area contributed by atoms with Gasteiger partial charge in [-0.05, 0) is 0 Å². The lowest BCUT2D eigenvalue weighted by Gasteiger charge is -2.46. The summed E-state index contributed by atoms with van der Waals surface area (Å²) in [6.07, 6.45) is -23.5. The van der Waals surface area contributed by atoms with Crippen molar-refractivity contribution in [2.45, 2.75) is 92.1 Å². The Hall–Kier alpha value is -0.640. The zero-order valence-corrected chi connectivity index (χ0v) is 18.7. The summed E-state index contributed by atoms with van der Waals surface area (Å²) in [7, 11) is 1.22. The van der Waals surface area contributed by atoms with Crippen molar-refractivity contribution in [2.75, 3.05) is 26.9 Å². The van der Waals surface area contributed by atoms with Crippen molar-refractivity contribution < 1.29 is 79.5 Å². The number of hydrogen-bond acceptors (Lipinski definition) is 16. The van der Waals surface area contributed by atoms with Crippen LogP contribution < -0.4 is 0 Å². The van der Waals surface area contributed by atoms with E-state index in [2.05, 4.69) is 0 Å². The van der Waals surface area contributed by atoms with Gasteiger partial charge < -0.3 is 79.5 Å². The summed E-state index contributed by atoms with van der Waals surface area (Å²) in [5.41, 5.74) is 0. The maximum Gasteiger partial charge on any atom is 0.187 e. The van der Waals surface area contributed by atoms with E-state index in [0.29, 0.717) is 0 Å². The third-order valence-corrected chi connectivity index (χ3v) is 6.32. The third-order valence-electron chi connectivity index (χ3n) is 6.32. The summed E-state index contributed by atoms with van der Waals surface area (Å²) in [5, 5.41) is 100. The second-order valence-electron chi connectivity index (χ2n) is 8.58. The van der Waals surface area contributed by atoms with Crippen molar-refractivity contribution in [2.24, 2.45) is 0 Å². The van der Waals surface area contributed by atoms with E-state index in [1.54, 1.807) is 0 Å². The fraction of sp³-hybridized carbons (Fsp3) is 1.00. The molecule has 3 rings (SSSR count). The second kappa shape index (κ2) is 12.3. The molecule has 0 aromatic rings. The molecule has 0 saturated carbocycles. The summed E-state index contributed by atoms with van der Waals surface area (Å²) < 4.78 is 31.5. The largest absolute Gasteiger partial charge is 0.394 e. The standard InChI is InChI=1S/C19H34O16/c1-30-15-9(23)6(3-21)33-18(14(15)28)31-4-7-10(24)16(13(27)17(29)32-7)35-19-12(26)11(25)8(22)5(2-20)34-19/h5-29H,2-4H2,1H3/t5-,6-,7-,8-,9-,10-,11+,12+,13+,14+,15+,16+,17-,18+,19-/m1/s1. The highest BCUT2D eigenvalue weighted by atomic mass is 16.7. The number of rotatable bonds is 8. The van der Waals surface area contributed by atoms with Gasteiger partial charge in [0, 0.05) is 7.11 Å². The van der Waals surface area contributed by atoms with Gasteiger partial charge in [0.2, 0.25) is 0 Å². The number of aliphatic hydroxyl groups is 10. The normalized spacial score (nSPS) is 51.3. The Labute approximate surface area is 199 Å². The molecule has 0 amide bonds. The van der Waals surface area contributed by atoms with E-state index in [4.69, 9.17) is 28.4 Å². The molecule has 3 aliphatic rings. The Morgan fingerprint density at radius 2 is 1.14 bits per heavy atom. The zero-order chi connectivity index (χ0) is 26.0. The van der Waals surface area contributed by atoms with Gasteiger partial charge >= 0.3 is 0 Å². The van der Waals surface area contributed by atoms with Crippen molar-refractivity contribution >= 4 is 0 Å². The van der Waals surface area contributed by atoms with E-state index < -0.39 is 112 Å². The highest BCUT2D eigenvalue weighted by Crippen LogP contribution is 2.30. The Bertz CT molecular complexity index is 654. The van der Waals surface area contributed by atoms with Crippen molar-refractivity contribution in [3.05, 3.63) is 0 Å². The van der Waals surface area contributed by atoms with Crippen LogP contribution in [0.1, 0.15) is 0 Å². The van der Waals surface area contributed by atoms with Gasteiger partial charge in [0.05, 0.1) is 19.8 Å². The fourth-order valence-electron chi connectivity index (χ4n) is 4.21. The molecule has 10 N–H and O–H groups in total. The van der Waals surface area contributed by atoms with Gasteiger partial charge in [-0.15, -0.1) is 0 Å². The molecule has 15 atom stereocenters. The zero-order valence-electron chi connectivity index (χ0n) is 18.7. The number of methoxy groups -OCH3 is 1. The molecule has 0 aliphatic carbocycles. The molecular weight excluding hydrogens is 484 g/mol. The molecule has 35 heavy (non-hydrogen) atoms. The minimum atomic E-state index is -1.90. The number of ether oxygens (including phenoxy) is 6. The van der Waals surface area contributed by atoms with Crippen molar-refractivity contribution in [1.29, 1.82) is 0 Å². The van der Waals surface area contributed by atoms with Gasteiger partial charge in [-0.3, -0.25) is 0 Å². The number of hydrogen-bond donors (Lipinski definition) is 10. The van der Waals surface area contributed by atoms with Crippen LogP contribution in [0.4, 0.5) is 0 Å². The van der Waals surface area contributed by atoms with Crippen LogP contribution in [0.3, 0.4) is 0 Å². The topological polar surface area (TPSA) is 258 Å². The smallest absolute Gasteiger partial charge is 0.187 e. The van der Waals surface area contributed by atoms with E-state index in [1.165, 1.54) is 7.11 Å². The van der Waals surface area contributed by atoms with Crippen molar-refractivity contribution in [3.63, 3.8) is 0 Å². The average Bonchev–Trinajstić information content (AvgIpc) is 2.84. The molecule has 3 fully saturated rings. The van der Waals surface area contributed by atoms with Crippen LogP contribution in [0.5, 0.6) is 0 Å². The molecule has 0 radical (unpaired) electrons. The first-order valence-corrected chi connectivity index (χ1v) is 11.0. The predicted molar refractivity (Wildman–Crippen MR) is 106 cm³/mol. The molecule has 3 aliphatic heterocycles. The minimum absolute atomic E-state index is 0.550. The molecule has 0 aromatic heterocycles. The highest BCUT2D eigenvalue weighted by Gasteiger charge is 2.51. The van der Waals surface area contributed by atoms with E-state index in [-0.39, 0.29) is 0 Å². The van der Waals surface area contributed by atoms with E-state index in [1.807, 2.05) is 0 Å². The molecule has 0 bridgehead atoms. The van der Waals surface area contributed by atoms with Gasteiger partial charge in [-0.25, -0.2) is 0 Å². The summed E-state index contributed by atoms with van der Waals surface area (Å²) in [6.45, 7) is -1.90. The Kier molecular flexibility index (Phi) is 10.1. The summed E-state index contributed by atoms with van der Waals surface area (Å²) in [6, 6.07) is 0. The van der Waals surface area contributed by atoms with E-state index in [0.717, 1.165) is 0 Å². The van der Waals surface area contributed by atoms with Gasteiger partial charge in [0.15, 0.2) is 18.9 Å². The minimum Gasteiger partial charge on any atom is -0.394 e. The van der Waals surface area contributed by atoms with E-state index in [9.17, 15) is 51.1 Å². The molecule has 0 spiro atoms. The van der Waals surface area contributed by atoms with Gasteiger partial charge in [0.1, 0.15) is 73.2 Å². The first-order chi connectivity index (χ1) is 16.5. The fourth-order valence-corrected chi connectivity index (χ4v) is 4.21. The molecule has 16 heteroatoms. The van der Waals surface area contributed by atoms with Crippen LogP contribution in [0.2, 0.25) is 0 Å². The summed E-state index contributed by atoms with van der Waals surface area (Å²) in [4.78, 5) is 0.